The Balaban J connectivity index is 4.29. The third-order valence-corrected chi connectivity index (χ3v) is 3.67. The van der Waals surface area contributed by atoms with E-state index < -0.39 is 0 Å². The maximum absolute atomic E-state index is 5.52. The van der Waals surface area contributed by atoms with E-state index in [2.05, 4.69) is 46.9 Å². The van der Waals surface area contributed by atoms with Crippen LogP contribution in [0.15, 0.2) is 0 Å². The SMILES string of the molecule is CCCC(C)(CCC(C)(C)OC)CNC(C)C. The molecule has 0 aliphatic rings. The Morgan fingerprint density at radius 1 is 1.06 bits per heavy atom. The molecule has 17 heavy (non-hydrogen) atoms. The van der Waals surface area contributed by atoms with Gasteiger partial charge < -0.3 is 10.1 Å². The van der Waals surface area contributed by atoms with Crippen molar-refractivity contribution in [3.8, 4) is 0 Å². The summed E-state index contributed by atoms with van der Waals surface area (Å²) in [6, 6.07) is 0.571. The fourth-order valence-corrected chi connectivity index (χ4v) is 2.06. The summed E-state index contributed by atoms with van der Waals surface area (Å²) in [5.41, 5.74) is 0.404. The topological polar surface area (TPSA) is 21.3 Å². The maximum Gasteiger partial charge on any atom is 0.0623 e. The van der Waals surface area contributed by atoms with Crippen molar-refractivity contribution in [2.24, 2.45) is 5.41 Å². The zero-order valence-electron chi connectivity index (χ0n) is 13.0. The van der Waals surface area contributed by atoms with E-state index in [-0.39, 0.29) is 5.60 Å². The van der Waals surface area contributed by atoms with Gasteiger partial charge in [0.25, 0.3) is 0 Å². The first-order valence-corrected chi connectivity index (χ1v) is 7.03. The first-order valence-electron chi connectivity index (χ1n) is 7.03. The molecule has 0 rings (SSSR count). The van der Waals surface area contributed by atoms with Gasteiger partial charge in [0.05, 0.1) is 5.60 Å². The molecule has 0 aliphatic heterocycles. The van der Waals surface area contributed by atoms with E-state index in [1.54, 1.807) is 0 Å². The molecular formula is C15H33NO. The lowest BCUT2D eigenvalue weighted by Gasteiger charge is -2.34. The first kappa shape index (κ1) is 16.9. The van der Waals surface area contributed by atoms with Gasteiger partial charge in [0.1, 0.15) is 0 Å². The van der Waals surface area contributed by atoms with Gasteiger partial charge >= 0.3 is 0 Å². The number of methoxy groups -OCH3 is 1. The molecule has 0 spiro atoms. The van der Waals surface area contributed by atoms with Crippen molar-refractivity contribution >= 4 is 0 Å². The van der Waals surface area contributed by atoms with Crippen LogP contribution in [0.1, 0.15) is 67.2 Å². The van der Waals surface area contributed by atoms with Gasteiger partial charge in [-0.15, -0.1) is 0 Å². The second-order valence-corrected chi connectivity index (χ2v) is 6.56. The molecule has 0 aromatic rings. The number of hydrogen-bond acceptors (Lipinski definition) is 2. The fraction of sp³-hybridized carbons (Fsp3) is 1.00. The molecule has 0 amide bonds. The van der Waals surface area contributed by atoms with E-state index >= 15 is 0 Å². The molecular weight excluding hydrogens is 210 g/mol. The van der Waals surface area contributed by atoms with E-state index in [1.165, 1.54) is 19.3 Å². The summed E-state index contributed by atoms with van der Waals surface area (Å²) in [4.78, 5) is 0. The van der Waals surface area contributed by atoms with Gasteiger partial charge in [0, 0.05) is 19.7 Å². The van der Waals surface area contributed by atoms with Crippen molar-refractivity contribution in [1.82, 2.24) is 5.32 Å². The molecule has 2 nitrogen and oxygen atoms in total. The highest BCUT2D eigenvalue weighted by Crippen LogP contribution is 2.32. The van der Waals surface area contributed by atoms with E-state index in [1.807, 2.05) is 7.11 Å². The van der Waals surface area contributed by atoms with Crippen molar-refractivity contribution in [3.63, 3.8) is 0 Å². The van der Waals surface area contributed by atoms with Crippen LogP contribution in [0.5, 0.6) is 0 Å². The minimum atomic E-state index is 0.00678. The van der Waals surface area contributed by atoms with Crippen LogP contribution in [0.4, 0.5) is 0 Å². The summed E-state index contributed by atoms with van der Waals surface area (Å²) >= 11 is 0. The number of nitrogens with one attached hydrogen (secondary N) is 1. The van der Waals surface area contributed by atoms with Crippen molar-refractivity contribution in [3.05, 3.63) is 0 Å². The third-order valence-electron chi connectivity index (χ3n) is 3.67. The maximum atomic E-state index is 5.52. The van der Waals surface area contributed by atoms with Crippen LogP contribution in [0.2, 0.25) is 0 Å². The van der Waals surface area contributed by atoms with Crippen LogP contribution < -0.4 is 5.32 Å². The van der Waals surface area contributed by atoms with Crippen molar-refractivity contribution < 1.29 is 4.74 Å². The van der Waals surface area contributed by atoms with Crippen molar-refractivity contribution in [2.75, 3.05) is 13.7 Å². The predicted octanol–water partition coefficient (Wildman–Crippen LogP) is 4.00. The van der Waals surface area contributed by atoms with Crippen molar-refractivity contribution in [2.45, 2.75) is 78.9 Å². The summed E-state index contributed by atoms with van der Waals surface area (Å²) < 4.78 is 5.52. The molecule has 0 saturated heterocycles. The lowest BCUT2D eigenvalue weighted by molar-refractivity contribution is 0.00376. The summed E-state index contributed by atoms with van der Waals surface area (Å²) in [5, 5.41) is 3.58. The Bertz CT molecular complexity index is 201. The summed E-state index contributed by atoms with van der Waals surface area (Å²) in [6.45, 7) is 14.6. The van der Waals surface area contributed by atoms with Gasteiger partial charge in [-0.1, -0.05) is 34.1 Å². The standard InChI is InChI=1S/C15H33NO/c1-8-9-15(6,12-16-13(2)3)11-10-14(4,5)17-7/h13,16H,8-12H2,1-7H3. The van der Waals surface area contributed by atoms with E-state index in [4.69, 9.17) is 4.74 Å². The van der Waals surface area contributed by atoms with Crippen LogP contribution in [0, 0.1) is 5.41 Å². The smallest absolute Gasteiger partial charge is 0.0623 e. The molecule has 0 aliphatic carbocycles. The molecule has 1 unspecified atom stereocenters. The molecule has 0 fully saturated rings. The van der Waals surface area contributed by atoms with Crippen LogP contribution >= 0.6 is 0 Å². The predicted molar refractivity (Wildman–Crippen MR) is 76.5 cm³/mol. The highest BCUT2D eigenvalue weighted by atomic mass is 16.5. The van der Waals surface area contributed by atoms with Crippen LogP contribution in [0.25, 0.3) is 0 Å². The second kappa shape index (κ2) is 7.38. The second-order valence-electron chi connectivity index (χ2n) is 6.56. The van der Waals surface area contributed by atoms with Gasteiger partial charge in [0.15, 0.2) is 0 Å². The fourth-order valence-electron chi connectivity index (χ4n) is 2.06. The van der Waals surface area contributed by atoms with Crippen LogP contribution in [0.3, 0.4) is 0 Å². The molecule has 0 radical (unpaired) electrons. The Morgan fingerprint density at radius 3 is 2.06 bits per heavy atom. The number of rotatable bonds is 9. The molecule has 0 aromatic heterocycles. The van der Waals surface area contributed by atoms with E-state index in [0.29, 0.717) is 11.5 Å². The molecule has 104 valence electrons. The average molecular weight is 243 g/mol. The summed E-state index contributed by atoms with van der Waals surface area (Å²) in [7, 11) is 1.81. The quantitative estimate of drug-likeness (QED) is 0.661. The van der Waals surface area contributed by atoms with Crippen molar-refractivity contribution in [1.29, 1.82) is 0 Å². The zero-order chi connectivity index (χ0) is 13.5. The normalized spacial score (nSPS) is 16.2. The largest absolute Gasteiger partial charge is 0.379 e. The van der Waals surface area contributed by atoms with E-state index in [0.717, 1.165) is 13.0 Å². The Hall–Kier alpha value is -0.0800. The number of ether oxygens (including phenoxy) is 1. The lowest BCUT2D eigenvalue weighted by atomic mass is 9.78. The Kier molecular flexibility index (Phi) is 7.34. The highest BCUT2D eigenvalue weighted by molar-refractivity contribution is 4.81. The zero-order valence-corrected chi connectivity index (χ0v) is 13.0. The van der Waals surface area contributed by atoms with Crippen LogP contribution in [-0.4, -0.2) is 25.3 Å². The molecule has 2 heteroatoms. The Morgan fingerprint density at radius 2 is 1.65 bits per heavy atom. The molecule has 0 aromatic carbocycles. The number of hydrogen-bond donors (Lipinski definition) is 1. The molecule has 0 bridgehead atoms. The van der Waals surface area contributed by atoms with Gasteiger partial charge in [-0.25, -0.2) is 0 Å². The molecule has 1 atom stereocenters. The third kappa shape index (κ3) is 7.77. The van der Waals surface area contributed by atoms with Gasteiger partial charge in [-0.05, 0) is 38.5 Å². The lowest BCUT2D eigenvalue weighted by Crippen LogP contribution is -2.37. The van der Waals surface area contributed by atoms with Gasteiger partial charge in [-0.2, -0.15) is 0 Å². The minimum absolute atomic E-state index is 0.00678. The summed E-state index contributed by atoms with van der Waals surface area (Å²) in [5.74, 6) is 0. The van der Waals surface area contributed by atoms with Gasteiger partial charge in [-0.3, -0.25) is 0 Å². The molecule has 0 heterocycles. The Labute approximate surface area is 109 Å². The first-order chi connectivity index (χ1) is 7.74. The monoisotopic (exact) mass is 243 g/mol. The van der Waals surface area contributed by atoms with Crippen LogP contribution in [-0.2, 0) is 4.74 Å². The molecule has 0 saturated carbocycles. The summed E-state index contributed by atoms with van der Waals surface area (Å²) in [6.07, 6.45) is 4.89. The molecule has 1 N–H and O–H groups in total. The highest BCUT2D eigenvalue weighted by Gasteiger charge is 2.27. The average Bonchev–Trinajstić information content (AvgIpc) is 2.25. The minimum Gasteiger partial charge on any atom is -0.379 e. The van der Waals surface area contributed by atoms with E-state index in [9.17, 15) is 0 Å². The van der Waals surface area contributed by atoms with Gasteiger partial charge in [0.2, 0.25) is 0 Å².